The van der Waals surface area contributed by atoms with Gasteiger partial charge in [0.05, 0.1) is 11.0 Å². The molecule has 2 saturated heterocycles. The van der Waals surface area contributed by atoms with E-state index >= 15 is 0 Å². The molecule has 0 aromatic heterocycles. The zero-order valence-electron chi connectivity index (χ0n) is 15.0. The minimum atomic E-state index is -3.34. The molecule has 2 aliphatic rings. The van der Waals surface area contributed by atoms with E-state index in [1.165, 1.54) is 4.90 Å². The maximum atomic E-state index is 12.6. The summed E-state index contributed by atoms with van der Waals surface area (Å²) in [5.41, 5.74) is 0.751. The Morgan fingerprint density at radius 1 is 1.11 bits per heavy atom. The van der Waals surface area contributed by atoms with Gasteiger partial charge in [-0.2, -0.15) is 0 Å². The van der Waals surface area contributed by atoms with Gasteiger partial charge in [0.25, 0.3) is 0 Å². The number of hydrogen-bond acceptors (Lipinski definition) is 5. The van der Waals surface area contributed by atoms with Gasteiger partial charge in [-0.3, -0.25) is 14.9 Å². The highest BCUT2D eigenvalue weighted by Crippen LogP contribution is 2.29. The van der Waals surface area contributed by atoms with Crippen molar-refractivity contribution in [1.82, 2.24) is 15.1 Å². The molecule has 8 nitrogen and oxygen atoms in total. The standard InChI is InChI=1S/C18H23N3O5S/c22-16-7-10-21(18(24)19-16)11-8-17(23)20-9-6-15(27(25,26)13-12-20)14-4-2-1-3-5-14/h1-5,15H,6-13H2,(H,19,22,24). The zero-order chi connectivity index (χ0) is 19.4. The molecular formula is C18H23N3O5S. The predicted molar refractivity (Wildman–Crippen MR) is 98.5 cm³/mol. The van der Waals surface area contributed by atoms with Crippen LogP contribution in [0.5, 0.6) is 0 Å². The minimum absolute atomic E-state index is 0.0724. The number of urea groups is 1. The number of sulfone groups is 1. The third kappa shape index (κ3) is 4.65. The van der Waals surface area contributed by atoms with Crippen molar-refractivity contribution < 1.29 is 22.8 Å². The summed E-state index contributed by atoms with van der Waals surface area (Å²) in [5, 5.41) is 1.62. The molecule has 1 atom stereocenters. The molecule has 1 unspecified atom stereocenters. The van der Waals surface area contributed by atoms with Crippen molar-refractivity contribution in [3.8, 4) is 0 Å². The second-order valence-corrected chi connectivity index (χ2v) is 9.08. The lowest BCUT2D eigenvalue weighted by Gasteiger charge is -2.27. The van der Waals surface area contributed by atoms with Crippen LogP contribution in [0.1, 0.15) is 30.1 Å². The van der Waals surface area contributed by atoms with Gasteiger partial charge in [0.2, 0.25) is 11.8 Å². The molecule has 146 valence electrons. The van der Waals surface area contributed by atoms with Gasteiger partial charge in [-0.15, -0.1) is 0 Å². The van der Waals surface area contributed by atoms with Crippen molar-refractivity contribution in [2.24, 2.45) is 0 Å². The molecule has 2 heterocycles. The predicted octanol–water partition coefficient (Wildman–Crippen LogP) is 0.707. The summed E-state index contributed by atoms with van der Waals surface area (Å²) in [6.45, 7) is 1.03. The summed E-state index contributed by atoms with van der Waals surface area (Å²) in [6.07, 6.45) is 0.690. The van der Waals surface area contributed by atoms with Gasteiger partial charge in [0.15, 0.2) is 9.84 Å². The summed E-state index contributed by atoms with van der Waals surface area (Å²) >= 11 is 0. The van der Waals surface area contributed by atoms with Crippen molar-refractivity contribution in [1.29, 1.82) is 0 Å². The maximum absolute atomic E-state index is 12.6. The lowest BCUT2D eigenvalue weighted by atomic mass is 10.1. The number of imide groups is 1. The second-order valence-electron chi connectivity index (χ2n) is 6.78. The van der Waals surface area contributed by atoms with Crippen LogP contribution in [0, 0.1) is 0 Å². The first kappa shape index (κ1) is 19.3. The van der Waals surface area contributed by atoms with Crippen LogP contribution >= 0.6 is 0 Å². The SMILES string of the molecule is O=C1CCN(CCC(=O)N2CCC(c3ccccc3)S(=O)(=O)CC2)C(=O)N1. The maximum Gasteiger partial charge on any atom is 0.324 e. The first-order chi connectivity index (χ1) is 12.9. The Labute approximate surface area is 158 Å². The number of amides is 4. The van der Waals surface area contributed by atoms with E-state index in [4.69, 9.17) is 0 Å². The van der Waals surface area contributed by atoms with Crippen LogP contribution in [-0.2, 0) is 19.4 Å². The fraction of sp³-hybridized carbons (Fsp3) is 0.500. The first-order valence-electron chi connectivity index (χ1n) is 9.00. The highest BCUT2D eigenvalue weighted by molar-refractivity contribution is 7.91. The summed E-state index contributed by atoms with van der Waals surface area (Å²) in [6, 6.07) is 8.58. The average molecular weight is 393 g/mol. The number of nitrogens with one attached hydrogen (secondary N) is 1. The molecule has 0 saturated carbocycles. The van der Waals surface area contributed by atoms with Gasteiger partial charge in [-0.05, 0) is 12.0 Å². The van der Waals surface area contributed by atoms with Crippen molar-refractivity contribution >= 4 is 27.7 Å². The molecule has 0 spiro atoms. The van der Waals surface area contributed by atoms with Gasteiger partial charge in [-0.25, -0.2) is 13.2 Å². The first-order valence-corrected chi connectivity index (χ1v) is 10.7. The van der Waals surface area contributed by atoms with E-state index in [2.05, 4.69) is 5.32 Å². The van der Waals surface area contributed by atoms with E-state index in [9.17, 15) is 22.8 Å². The monoisotopic (exact) mass is 393 g/mol. The van der Waals surface area contributed by atoms with Crippen LogP contribution in [0.25, 0.3) is 0 Å². The Bertz CT molecular complexity index is 825. The quantitative estimate of drug-likeness (QED) is 0.811. The van der Waals surface area contributed by atoms with E-state index in [0.717, 1.165) is 5.56 Å². The molecule has 2 aliphatic heterocycles. The van der Waals surface area contributed by atoms with E-state index in [1.807, 2.05) is 18.2 Å². The van der Waals surface area contributed by atoms with Gasteiger partial charge in [0.1, 0.15) is 0 Å². The highest BCUT2D eigenvalue weighted by atomic mass is 32.2. The van der Waals surface area contributed by atoms with Gasteiger partial charge < -0.3 is 9.80 Å². The van der Waals surface area contributed by atoms with Crippen LogP contribution in [0.2, 0.25) is 0 Å². The molecule has 1 aromatic rings. The smallest absolute Gasteiger partial charge is 0.324 e. The Balaban J connectivity index is 1.59. The highest BCUT2D eigenvalue weighted by Gasteiger charge is 2.32. The van der Waals surface area contributed by atoms with Crippen molar-refractivity contribution in [3.05, 3.63) is 35.9 Å². The Kier molecular flexibility index (Phi) is 5.79. The number of nitrogens with zero attached hydrogens (tertiary/aromatic N) is 2. The lowest BCUT2D eigenvalue weighted by Crippen LogP contribution is -2.50. The fourth-order valence-electron chi connectivity index (χ4n) is 3.44. The van der Waals surface area contributed by atoms with Crippen LogP contribution in [0.4, 0.5) is 4.79 Å². The third-order valence-electron chi connectivity index (χ3n) is 5.00. The summed E-state index contributed by atoms with van der Waals surface area (Å²) in [7, 11) is -3.34. The molecule has 1 aromatic carbocycles. The summed E-state index contributed by atoms with van der Waals surface area (Å²) in [4.78, 5) is 38.4. The van der Waals surface area contributed by atoms with E-state index in [0.29, 0.717) is 19.5 Å². The molecule has 4 amide bonds. The molecule has 0 aliphatic carbocycles. The van der Waals surface area contributed by atoms with Crippen molar-refractivity contribution in [2.45, 2.75) is 24.5 Å². The van der Waals surface area contributed by atoms with Gasteiger partial charge >= 0.3 is 6.03 Å². The molecule has 2 fully saturated rings. The second kappa shape index (κ2) is 8.08. The van der Waals surface area contributed by atoms with Crippen LogP contribution < -0.4 is 5.32 Å². The van der Waals surface area contributed by atoms with E-state index in [-0.39, 0.29) is 43.5 Å². The average Bonchev–Trinajstić information content (AvgIpc) is 2.79. The molecule has 1 N–H and O–H groups in total. The number of rotatable bonds is 4. The number of carbonyl (C=O) groups is 3. The lowest BCUT2D eigenvalue weighted by molar-refractivity contribution is -0.131. The molecular weight excluding hydrogens is 370 g/mol. The Hall–Kier alpha value is -2.42. The van der Waals surface area contributed by atoms with E-state index in [1.54, 1.807) is 17.0 Å². The summed E-state index contributed by atoms with van der Waals surface area (Å²) < 4.78 is 25.2. The fourth-order valence-corrected chi connectivity index (χ4v) is 5.23. The number of hydrogen-bond donors (Lipinski definition) is 1. The van der Waals surface area contributed by atoms with Crippen molar-refractivity contribution in [3.63, 3.8) is 0 Å². The summed E-state index contributed by atoms with van der Waals surface area (Å²) in [5.74, 6) is -0.562. The minimum Gasteiger partial charge on any atom is -0.342 e. The topological polar surface area (TPSA) is 104 Å². The van der Waals surface area contributed by atoms with Crippen LogP contribution in [-0.4, -0.2) is 68.0 Å². The number of carbonyl (C=O) groups excluding carboxylic acids is 3. The Morgan fingerprint density at radius 3 is 2.56 bits per heavy atom. The molecule has 0 bridgehead atoms. The molecule has 3 rings (SSSR count). The van der Waals surface area contributed by atoms with Crippen LogP contribution in [0.3, 0.4) is 0 Å². The van der Waals surface area contributed by atoms with Crippen LogP contribution in [0.15, 0.2) is 30.3 Å². The molecule has 9 heteroatoms. The molecule has 27 heavy (non-hydrogen) atoms. The molecule has 0 radical (unpaired) electrons. The van der Waals surface area contributed by atoms with Gasteiger partial charge in [0, 0.05) is 39.0 Å². The van der Waals surface area contributed by atoms with E-state index < -0.39 is 21.1 Å². The number of benzene rings is 1. The normalized spacial score (nSPS) is 22.9. The largest absolute Gasteiger partial charge is 0.342 e. The van der Waals surface area contributed by atoms with Crippen molar-refractivity contribution in [2.75, 3.05) is 31.9 Å². The zero-order valence-corrected chi connectivity index (χ0v) is 15.8. The van der Waals surface area contributed by atoms with Gasteiger partial charge in [-0.1, -0.05) is 30.3 Å². The third-order valence-corrected chi connectivity index (χ3v) is 7.13. The Morgan fingerprint density at radius 2 is 1.85 bits per heavy atom.